The molecular formula is C15H24N2O7. The zero-order valence-electron chi connectivity index (χ0n) is 14.0. The molecule has 5 atom stereocenters. The molecule has 1 aliphatic heterocycles. The molecule has 0 aromatic heterocycles. The largest absolute Gasteiger partial charge is 0.479 e. The Labute approximate surface area is 139 Å². The molecule has 0 radical (unpaired) electrons. The van der Waals surface area contributed by atoms with Crippen LogP contribution in [0, 0.1) is 5.92 Å². The summed E-state index contributed by atoms with van der Waals surface area (Å²) in [5.41, 5.74) is 0. The minimum atomic E-state index is -1.40. The van der Waals surface area contributed by atoms with Gasteiger partial charge in [0.15, 0.2) is 0 Å². The van der Waals surface area contributed by atoms with Crippen molar-refractivity contribution < 1.29 is 34.4 Å². The van der Waals surface area contributed by atoms with Crippen molar-refractivity contribution in [3.05, 3.63) is 11.8 Å². The van der Waals surface area contributed by atoms with Gasteiger partial charge < -0.3 is 30.7 Å². The fraction of sp³-hybridized carbons (Fsp3) is 0.667. The summed E-state index contributed by atoms with van der Waals surface area (Å²) in [6.07, 6.45) is -2.67. The van der Waals surface area contributed by atoms with Crippen LogP contribution in [0.1, 0.15) is 27.7 Å². The van der Waals surface area contributed by atoms with Crippen molar-refractivity contribution in [3.63, 3.8) is 0 Å². The van der Waals surface area contributed by atoms with E-state index in [1.165, 1.54) is 13.8 Å². The Kier molecular flexibility index (Phi) is 6.73. The molecule has 24 heavy (non-hydrogen) atoms. The van der Waals surface area contributed by atoms with Crippen molar-refractivity contribution >= 4 is 17.8 Å². The van der Waals surface area contributed by atoms with Crippen molar-refractivity contribution in [2.45, 2.75) is 58.1 Å². The molecule has 1 unspecified atom stereocenters. The highest BCUT2D eigenvalue weighted by Crippen LogP contribution is 2.23. The number of carbonyl (C=O) groups excluding carboxylic acids is 2. The molecular weight excluding hydrogens is 320 g/mol. The Bertz CT molecular complexity index is 530. The van der Waals surface area contributed by atoms with Crippen molar-refractivity contribution in [3.8, 4) is 0 Å². The molecule has 2 amide bonds. The van der Waals surface area contributed by atoms with Gasteiger partial charge >= 0.3 is 5.97 Å². The summed E-state index contributed by atoms with van der Waals surface area (Å²) in [7, 11) is 0. The number of carboxylic acid groups (broad SMARTS) is 1. The second kappa shape index (κ2) is 8.11. The topological polar surface area (TPSA) is 145 Å². The first kappa shape index (κ1) is 19.9. The molecule has 9 heteroatoms. The average molecular weight is 344 g/mol. The van der Waals surface area contributed by atoms with Crippen LogP contribution in [0.4, 0.5) is 0 Å². The Morgan fingerprint density at radius 3 is 2.25 bits per heavy atom. The van der Waals surface area contributed by atoms with E-state index >= 15 is 0 Å². The number of ether oxygens (including phenoxy) is 1. The Hall–Kier alpha value is -2.13. The van der Waals surface area contributed by atoms with E-state index in [0.717, 1.165) is 6.08 Å². The van der Waals surface area contributed by atoms with Crippen LogP contribution >= 0.6 is 0 Å². The van der Waals surface area contributed by atoms with Crippen LogP contribution in [0.3, 0.4) is 0 Å². The third-order valence-electron chi connectivity index (χ3n) is 3.59. The lowest BCUT2D eigenvalue weighted by molar-refractivity contribution is -0.142. The molecule has 0 spiro atoms. The quantitative estimate of drug-likeness (QED) is 0.404. The molecule has 0 bridgehead atoms. The number of nitrogens with one attached hydrogen (secondary N) is 2. The van der Waals surface area contributed by atoms with Gasteiger partial charge in [-0.1, -0.05) is 13.8 Å². The van der Waals surface area contributed by atoms with Gasteiger partial charge in [-0.2, -0.15) is 0 Å². The molecule has 0 aromatic rings. The summed E-state index contributed by atoms with van der Waals surface area (Å²) in [6.45, 7) is 5.92. The number of aliphatic hydroxyl groups is 2. The number of aliphatic carboxylic acids is 1. The lowest BCUT2D eigenvalue weighted by atomic mass is 9.91. The van der Waals surface area contributed by atoms with E-state index in [1.54, 1.807) is 13.8 Å². The molecule has 1 heterocycles. The summed E-state index contributed by atoms with van der Waals surface area (Å²) < 4.78 is 5.35. The summed E-state index contributed by atoms with van der Waals surface area (Å²) in [6, 6.07) is -2.06. The maximum Gasteiger partial charge on any atom is 0.370 e. The molecule has 0 saturated carbocycles. The number of carboxylic acids is 1. The van der Waals surface area contributed by atoms with Crippen molar-refractivity contribution in [1.29, 1.82) is 0 Å². The van der Waals surface area contributed by atoms with Gasteiger partial charge in [0.25, 0.3) is 0 Å². The van der Waals surface area contributed by atoms with E-state index in [0.29, 0.717) is 0 Å². The lowest BCUT2D eigenvalue weighted by Crippen LogP contribution is -2.63. The maximum atomic E-state index is 12.0. The van der Waals surface area contributed by atoms with Gasteiger partial charge in [-0.15, -0.1) is 0 Å². The van der Waals surface area contributed by atoms with E-state index < -0.39 is 48.0 Å². The number of rotatable bonds is 6. The first-order chi connectivity index (χ1) is 11.0. The molecule has 5 N–H and O–H groups in total. The van der Waals surface area contributed by atoms with E-state index in [1.807, 2.05) is 0 Å². The SMILES string of the molecule is CC(=O)N[C@@H]1C([C@@H](NC(=O)C(C)C)[C@H](C)O)OC(C(=O)O)=C[C@@H]1O. The van der Waals surface area contributed by atoms with E-state index in [4.69, 9.17) is 9.84 Å². The maximum absolute atomic E-state index is 12.0. The molecule has 0 saturated heterocycles. The van der Waals surface area contributed by atoms with Gasteiger partial charge in [0.05, 0.1) is 18.2 Å². The monoisotopic (exact) mass is 344 g/mol. The number of aliphatic hydroxyl groups excluding tert-OH is 2. The molecule has 1 rings (SSSR count). The molecule has 0 aromatic carbocycles. The smallest absolute Gasteiger partial charge is 0.370 e. The molecule has 0 fully saturated rings. The zero-order chi connectivity index (χ0) is 18.6. The van der Waals surface area contributed by atoms with Crippen LogP contribution in [0.25, 0.3) is 0 Å². The molecule has 0 aliphatic carbocycles. The van der Waals surface area contributed by atoms with Gasteiger partial charge in [-0.05, 0) is 13.0 Å². The predicted molar refractivity (Wildman–Crippen MR) is 82.7 cm³/mol. The summed E-state index contributed by atoms with van der Waals surface area (Å²) >= 11 is 0. The fourth-order valence-corrected chi connectivity index (χ4v) is 2.34. The lowest BCUT2D eigenvalue weighted by Gasteiger charge is -2.40. The second-order valence-corrected chi connectivity index (χ2v) is 6.07. The summed E-state index contributed by atoms with van der Waals surface area (Å²) in [4.78, 5) is 34.5. The van der Waals surface area contributed by atoms with Gasteiger partial charge in [0, 0.05) is 12.8 Å². The normalized spacial score (nSPS) is 26.0. The first-order valence-corrected chi connectivity index (χ1v) is 7.60. The van der Waals surface area contributed by atoms with Crippen LogP contribution in [0.15, 0.2) is 11.8 Å². The Morgan fingerprint density at radius 2 is 1.83 bits per heavy atom. The highest BCUT2D eigenvalue weighted by Gasteiger charge is 2.43. The van der Waals surface area contributed by atoms with Crippen LogP contribution < -0.4 is 10.6 Å². The zero-order valence-corrected chi connectivity index (χ0v) is 14.0. The minimum Gasteiger partial charge on any atom is -0.479 e. The van der Waals surface area contributed by atoms with Gasteiger partial charge in [0.1, 0.15) is 12.2 Å². The van der Waals surface area contributed by atoms with Crippen LogP contribution in [0.2, 0.25) is 0 Å². The number of amides is 2. The third kappa shape index (κ3) is 4.93. The molecule has 1 aliphatic rings. The van der Waals surface area contributed by atoms with Crippen LogP contribution in [-0.4, -0.2) is 63.5 Å². The summed E-state index contributed by atoms with van der Waals surface area (Å²) in [5, 5.41) is 34.3. The fourth-order valence-electron chi connectivity index (χ4n) is 2.34. The highest BCUT2D eigenvalue weighted by atomic mass is 16.5. The first-order valence-electron chi connectivity index (χ1n) is 7.60. The predicted octanol–water partition coefficient (Wildman–Crippen LogP) is -1.26. The van der Waals surface area contributed by atoms with E-state index in [2.05, 4.69) is 10.6 Å². The Balaban J connectivity index is 3.18. The molecule has 136 valence electrons. The van der Waals surface area contributed by atoms with Gasteiger partial charge in [0.2, 0.25) is 17.6 Å². The Morgan fingerprint density at radius 1 is 1.25 bits per heavy atom. The van der Waals surface area contributed by atoms with Crippen molar-refractivity contribution in [2.75, 3.05) is 0 Å². The highest BCUT2D eigenvalue weighted by molar-refractivity contribution is 5.85. The third-order valence-corrected chi connectivity index (χ3v) is 3.59. The number of hydrogen-bond acceptors (Lipinski definition) is 6. The van der Waals surface area contributed by atoms with Gasteiger partial charge in [-0.3, -0.25) is 9.59 Å². The number of hydrogen-bond donors (Lipinski definition) is 5. The summed E-state index contributed by atoms with van der Waals surface area (Å²) in [5.74, 6) is -3.15. The molecule has 9 nitrogen and oxygen atoms in total. The van der Waals surface area contributed by atoms with Gasteiger partial charge in [-0.25, -0.2) is 4.79 Å². The average Bonchev–Trinajstić information content (AvgIpc) is 2.45. The van der Waals surface area contributed by atoms with Crippen LogP contribution in [-0.2, 0) is 19.1 Å². The standard InChI is InChI=1S/C15H24N2O7/c1-6(2)14(21)17-11(7(3)18)13-12(16-8(4)19)9(20)5-10(24-13)15(22)23/h5-7,9,11-13,18,20H,1-4H3,(H,16,19)(H,17,21)(H,22,23)/t7-,9-,11-,12-,13?/m0/s1. The second-order valence-electron chi connectivity index (χ2n) is 6.07. The van der Waals surface area contributed by atoms with E-state index in [9.17, 15) is 24.6 Å². The van der Waals surface area contributed by atoms with Crippen molar-refractivity contribution in [1.82, 2.24) is 10.6 Å². The van der Waals surface area contributed by atoms with Crippen molar-refractivity contribution in [2.24, 2.45) is 5.92 Å². The number of carbonyl (C=O) groups is 3. The van der Waals surface area contributed by atoms with Crippen LogP contribution in [0.5, 0.6) is 0 Å². The van der Waals surface area contributed by atoms with E-state index in [-0.39, 0.29) is 11.8 Å². The minimum absolute atomic E-state index is 0.381.